The number of H-pyrrole nitrogens is 1. The number of aromatic nitrogens is 2. The average Bonchev–Trinajstić information content (AvgIpc) is 2.28. The number of hydrogen-bond acceptors (Lipinski definition) is 4. The van der Waals surface area contributed by atoms with Gasteiger partial charge in [-0.2, -0.15) is 0 Å². The van der Waals surface area contributed by atoms with E-state index in [9.17, 15) is 9.59 Å². The molecule has 2 aromatic rings. The largest absolute Gasteiger partial charge is 0.302 e. The van der Waals surface area contributed by atoms with Gasteiger partial charge in [0.05, 0.1) is 10.9 Å². The molecule has 1 heterocycles. The first-order valence-corrected chi connectivity index (χ1v) is 4.22. The molecule has 0 radical (unpaired) electrons. The summed E-state index contributed by atoms with van der Waals surface area (Å²) >= 11 is 0. The minimum Gasteiger partial charge on any atom is -0.302 e. The van der Waals surface area contributed by atoms with Crippen LogP contribution in [0.2, 0.25) is 0 Å². The maximum Gasteiger partial charge on any atom is 0.301 e. The van der Waals surface area contributed by atoms with Crippen molar-refractivity contribution in [3.8, 4) is 0 Å². The maximum absolute atomic E-state index is 11.5. The lowest BCUT2D eigenvalue weighted by molar-refractivity contribution is 0.0943. The highest BCUT2D eigenvalue weighted by molar-refractivity contribution is 5.92. The molecular weight excluding hydrogens is 196 g/mol. The number of amides is 1. The number of fused-ring (bicyclic) bond motifs is 1. The number of hydrogen-bond donors (Lipinski definition) is 3. The van der Waals surface area contributed by atoms with E-state index in [1.807, 2.05) is 5.43 Å². The zero-order chi connectivity index (χ0) is 10.8. The molecule has 76 valence electrons. The van der Waals surface area contributed by atoms with Gasteiger partial charge in [0.25, 0.3) is 5.56 Å². The van der Waals surface area contributed by atoms with Crippen molar-refractivity contribution in [1.29, 1.82) is 0 Å². The van der Waals surface area contributed by atoms with Crippen molar-refractivity contribution in [3.63, 3.8) is 0 Å². The summed E-state index contributed by atoms with van der Waals surface area (Å²) in [4.78, 5) is 28.9. The molecule has 1 aromatic carbocycles. The molecule has 0 saturated carbocycles. The van der Waals surface area contributed by atoms with Gasteiger partial charge in [0, 0.05) is 0 Å². The van der Waals surface area contributed by atoms with Crippen LogP contribution in [0.4, 0.5) is 0 Å². The first-order valence-electron chi connectivity index (χ1n) is 4.22. The van der Waals surface area contributed by atoms with E-state index in [0.29, 0.717) is 10.9 Å². The molecule has 4 N–H and O–H groups in total. The van der Waals surface area contributed by atoms with Crippen molar-refractivity contribution in [2.24, 2.45) is 5.84 Å². The third kappa shape index (κ3) is 1.57. The van der Waals surface area contributed by atoms with Crippen LogP contribution in [0.5, 0.6) is 0 Å². The molecule has 1 amide bonds. The van der Waals surface area contributed by atoms with Crippen molar-refractivity contribution in [3.05, 3.63) is 40.4 Å². The smallest absolute Gasteiger partial charge is 0.301 e. The lowest BCUT2D eigenvalue weighted by atomic mass is 10.2. The van der Waals surface area contributed by atoms with Crippen LogP contribution in [0.1, 0.15) is 10.6 Å². The monoisotopic (exact) mass is 204 g/mol. The minimum atomic E-state index is -0.627. The molecule has 0 saturated heterocycles. The molecule has 15 heavy (non-hydrogen) atoms. The normalized spacial score (nSPS) is 10.2. The highest BCUT2D eigenvalue weighted by atomic mass is 16.2. The number of aromatic amines is 1. The molecule has 0 atom stereocenters. The Balaban J connectivity index is 2.73. The summed E-state index contributed by atoms with van der Waals surface area (Å²) in [5, 5.41) is 0.436. The first kappa shape index (κ1) is 9.35. The summed E-state index contributed by atoms with van der Waals surface area (Å²) in [5.41, 5.74) is 2.00. The second kappa shape index (κ2) is 3.50. The number of nitrogens with two attached hydrogens (primary N) is 1. The number of rotatable bonds is 1. The van der Waals surface area contributed by atoms with Gasteiger partial charge in [-0.05, 0) is 12.1 Å². The number of para-hydroxylation sites is 1. The fourth-order valence-electron chi connectivity index (χ4n) is 1.26. The predicted molar refractivity (Wildman–Crippen MR) is 54.0 cm³/mol. The third-order valence-electron chi connectivity index (χ3n) is 1.96. The summed E-state index contributed by atoms with van der Waals surface area (Å²) in [6.07, 6.45) is 0. The van der Waals surface area contributed by atoms with Crippen molar-refractivity contribution in [1.82, 2.24) is 15.4 Å². The minimum absolute atomic E-state index is 0.0961. The molecule has 0 bridgehead atoms. The Kier molecular flexibility index (Phi) is 2.18. The zero-order valence-electron chi connectivity index (χ0n) is 7.65. The van der Waals surface area contributed by atoms with Crippen LogP contribution in [0, 0.1) is 0 Å². The van der Waals surface area contributed by atoms with Crippen LogP contribution in [-0.4, -0.2) is 15.9 Å². The fraction of sp³-hybridized carbons (Fsp3) is 0. The van der Waals surface area contributed by atoms with Crippen LogP contribution >= 0.6 is 0 Å². The SMILES string of the molecule is NNC(=O)c1nc2ccccc2c(=O)[nH]1. The molecule has 2 rings (SSSR count). The van der Waals surface area contributed by atoms with Gasteiger partial charge in [-0.15, -0.1) is 0 Å². The van der Waals surface area contributed by atoms with Crippen LogP contribution < -0.4 is 16.8 Å². The molecule has 0 fully saturated rings. The number of carbonyl (C=O) groups is 1. The van der Waals surface area contributed by atoms with Gasteiger partial charge in [0.15, 0.2) is 0 Å². The molecule has 0 spiro atoms. The van der Waals surface area contributed by atoms with Gasteiger partial charge in [0.1, 0.15) is 0 Å². The van der Waals surface area contributed by atoms with Crippen molar-refractivity contribution in [2.45, 2.75) is 0 Å². The number of nitrogen functional groups attached to an aromatic ring is 1. The third-order valence-corrected chi connectivity index (χ3v) is 1.96. The highest BCUT2D eigenvalue weighted by Crippen LogP contribution is 2.04. The Morgan fingerprint density at radius 3 is 2.87 bits per heavy atom. The van der Waals surface area contributed by atoms with E-state index in [1.54, 1.807) is 24.3 Å². The molecule has 0 unspecified atom stereocenters. The second-order valence-corrected chi connectivity index (χ2v) is 2.91. The lowest BCUT2D eigenvalue weighted by Gasteiger charge is -2.00. The molecular formula is C9H8N4O2. The number of hydrazine groups is 1. The Hall–Kier alpha value is -2.21. The van der Waals surface area contributed by atoms with Crippen LogP contribution in [0.25, 0.3) is 10.9 Å². The van der Waals surface area contributed by atoms with E-state index in [1.165, 1.54) is 0 Å². The topological polar surface area (TPSA) is 101 Å². The highest BCUT2D eigenvalue weighted by Gasteiger charge is 2.08. The first-order chi connectivity index (χ1) is 7.22. The van der Waals surface area contributed by atoms with Gasteiger partial charge in [0.2, 0.25) is 5.82 Å². The number of benzene rings is 1. The molecule has 6 heteroatoms. The average molecular weight is 204 g/mol. The second-order valence-electron chi connectivity index (χ2n) is 2.91. The van der Waals surface area contributed by atoms with Gasteiger partial charge in [-0.1, -0.05) is 12.1 Å². The van der Waals surface area contributed by atoms with Gasteiger partial charge in [-0.25, -0.2) is 10.8 Å². The quantitative estimate of drug-likeness (QED) is 0.332. The number of carbonyl (C=O) groups excluding carboxylic acids is 1. The van der Waals surface area contributed by atoms with Crippen LogP contribution in [0.3, 0.4) is 0 Å². The lowest BCUT2D eigenvalue weighted by Crippen LogP contribution is -2.33. The van der Waals surface area contributed by atoms with Crippen molar-refractivity contribution < 1.29 is 4.79 Å². The predicted octanol–water partition coefficient (Wildman–Crippen LogP) is -0.473. The molecule has 6 nitrogen and oxygen atoms in total. The summed E-state index contributed by atoms with van der Waals surface area (Å²) in [5.74, 6) is 4.21. The Morgan fingerprint density at radius 2 is 2.13 bits per heavy atom. The van der Waals surface area contributed by atoms with E-state index in [2.05, 4.69) is 9.97 Å². The van der Waals surface area contributed by atoms with Gasteiger partial charge in [-0.3, -0.25) is 15.0 Å². The van der Waals surface area contributed by atoms with E-state index in [-0.39, 0.29) is 11.4 Å². The Labute approximate surface area is 84.1 Å². The molecule has 1 aromatic heterocycles. The van der Waals surface area contributed by atoms with E-state index < -0.39 is 5.91 Å². The summed E-state index contributed by atoms with van der Waals surface area (Å²) < 4.78 is 0. The summed E-state index contributed by atoms with van der Waals surface area (Å²) in [6.45, 7) is 0. The van der Waals surface area contributed by atoms with Crippen molar-refractivity contribution in [2.75, 3.05) is 0 Å². The van der Waals surface area contributed by atoms with E-state index in [4.69, 9.17) is 5.84 Å². The maximum atomic E-state index is 11.5. The van der Waals surface area contributed by atoms with Gasteiger partial charge >= 0.3 is 5.91 Å². The molecule has 0 aliphatic carbocycles. The number of nitrogens with one attached hydrogen (secondary N) is 2. The summed E-state index contributed by atoms with van der Waals surface area (Å²) in [7, 11) is 0. The van der Waals surface area contributed by atoms with Crippen LogP contribution in [0.15, 0.2) is 29.1 Å². The van der Waals surface area contributed by atoms with Crippen LogP contribution in [-0.2, 0) is 0 Å². The molecule has 0 aliphatic rings. The Morgan fingerprint density at radius 1 is 1.40 bits per heavy atom. The molecule has 0 aliphatic heterocycles. The Bertz CT molecular complexity index is 576. The fourth-order valence-corrected chi connectivity index (χ4v) is 1.26. The van der Waals surface area contributed by atoms with Gasteiger partial charge < -0.3 is 4.98 Å². The summed E-state index contributed by atoms with van der Waals surface area (Å²) in [6, 6.07) is 6.74. The standard InChI is InChI=1S/C9H8N4O2/c10-13-9(15)7-11-6-4-2-1-3-5(6)8(14)12-7/h1-4H,10H2,(H,13,15)(H,11,12,14). The van der Waals surface area contributed by atoms with E-state index >= 15 is 0 Å². The van der Waals surface area contributed by atoms with Crippen molar-refractivity contribution >= 4 is 16.8 Å². The van der Waals surface area contributed by atoms with E-state index in [0.717, 1.165) is 0 Å². The zero-order valence-corrected chi connectivity index (χ0v) is 7.65. The number of nitrogens with zero attached hydrogens (tertiary/aromatic N) is 1.